The number of rotatable bonds is 2. The Balaban J connectivity index is 1.67. The van der Waals surface area contributed by atoms with Crippen molar-refractivity contribution in [3.8, 4) is 0 Å². The minimum Gasteiger partial charge on any atom is -0.481 e. The fourth-order valence-corrected chi connectivity index (χ4v) is 8.76. The van der Waals surface area contributed by atoms with Crippen LogP contribution in [0.25, 0.3) is 0 Å². The highest BCUT2D eigenvalue weighted by Crippen LogP contribution is 2.74. The number of fused-ring (bicyclic) bond motifs is 1. The second-order valence-corrected chi connectivity index (χ2v) is 11.2. The van der Waals surface area contributed by atoms with E-state index in [0.29, 0.717) is 5.92 Å². The molecule has 4 fully saturated rings. The van der Waals surface area contributed by atoms with E-state index >= 15 is 0 Å². The van der Waals surface area contributed by atoms with Crippen molar-refractivity contribution < 1.29 is 24.2 Å². The minimum atomic E-state index is -0.707. The zero-order chi connectivity index (χ0) is 20.9. The maximum Gasteiger partial charge on any atom is 0.318 e. The topological polar surface area (TPSA) is 80.7 Å². The summed E-state index contributed by atoms with van der Waals surface area (Å²) in [6.07, 6.45) is 7.48. The van der Waals surface area contributed by atoms with E-state index in [9.17, 15) is 19.5 Å². The molecule has 6 aliphatic rings. The van der Waals surface area contributed by atoms with Gasteiger partial charge >= 0.3 is 17.9 Å². The third-order valence-corrected chi connectivity index (χ3v) is 9.89. The number of aliphatic carboxylic acids is 1. The number of allylic oxidation sites excluding steroid dienone is 2. The molecule has 1 spiro atoms. The number of carboxylic acid groups (broad SMARTS) is 1. The van der Waals surface area contributed by atoms with Gasteiger partial charge < -0.3 is 9.84 Å². The van der Waals surface area contributed by atoms with Gasteiger partial charge in [0.25, 0.3) is 0 Å². The molecule has 5 heteroatoms. The Hall–Kier alpha value is -1.65. The van der Waals surface area contributed by atoms with E-state index in [1.807, 2.05) is 6.92 Å². The molecule has 158 valence electrons. The summed E-state index contributed by atoms with van der Waals surface area (Å²) < 4.78 is 5.20. The van der Waals surface area contributed by atoms with Crippen LogP contribution in [0.1, 0.15) is 66.2 Å². The molecule has 0 aromatic rings. The van der Waals surface area contributed by atoms with Gasteiger partial charge in [-0.1, -0.05) is 38.8 Å². The van der Waals surface area contributed by atoms with Crippen LogP contribution in [0.3, 0.4) is 0 Å². The molecule has 0 amide bonds. The van der Waals surface area contributed by atoms with Crippen molar-refractivity contribution in [1.29, 1.82) is 0 Å². The van der Waals surface area contributed by atoms with Crippen LogP contribution in [0.4, 0.5) is 0 Å². The van der Waals surface area contributed by atoms with E-state index in [4.69, 9.17) is 4.74 Å². The highest BCUT2D eigenvalue weighted by Gasteiger charge is 2.73. The Morgan fingerprint density at radius 1 is 1.14 bits per heavy atom. The second kappa shape index (κ2) is 5.73. The fraction of sp³-hybridized carbons (Fsp3) is 0.792. The average molecular weight is 401 g/mol. The van der Waals surface area contributed by atoms with E-state index in [1.165, 1.54) is 5.57 Å². The van der Waals surface area contributed by atoms with Gasteiger partial charge in [0, 0.05) is 5.41 Å². The molecule has 29 heavy (non-hydrogen) atoms. The normalized spacial score (nSPS) is 50.5. The lowest BCUT2D eigenvalue weighted by molar-refractivity contribution is -0.195. The lowest BCUT2D eigenvalue weighted by Gasteiger charge is -2.68. The van der Waals surface area contributed by atoms with Crippen molar-refractivity contribution >= 4 is 17.9 Å². The van der Waals surface area contributed by atoms with Crippen molar-refractivity contribution in [2.45, 2.75) is 66.2 Å². The summed E-state index contributed by atoms with van der Waals surface area (Å²) in [5, 5.41) is 10.1. The molecule has 1 saturated heterocycles. The van der Waals surface area contributed by atoms with Crippen molar-refractivity contribution in [2.75, 3.05) is 0 Å². The lowest BCUT2D eigenvalue weighted by Crippen LogP contribution is -2.65. The molecule has 6 rings (SSSR count). The highest BCUT2D eigenvalue weighted by molar-refractivity contribution is 5.98. The van der Waals surface area contributed by atoms with Gasteiger partial charge in [-0.05, 0) is 68.1 Å². The third-order valence-electron chi connectivity index (χ3n) is 9.89. The third kappa shape index (κ3) is 2.14. The maximum atomic E-state index is 12.9. The van der Waals surface area contributed by atoms with E-state index in [1.54, 1.807) is 0 Å². The smallest absolute Gasteiger partial charge is 0.318 e. The molecule has 0 aromatic heterocycles. The fourth-order valence-electron chi connectivity index (χ4n) is 8.76. The van der Waals surface area contributed by atoms with Gasteiger partial charge in [0.15, 0.2) is 0 Å². The lowest BCUT2D eigenvalue weighted by atomic mass is 9.34. The van der Waals surface area contributed by atoms with Crippen molar-refractivity contribution in [3.63, 3.8) is 0 Å². The van der Waals surface area contributed by atoms with Gasteiger partial charge in [-0.25, -0.2) is 0 Å². The van der Waals surface area contributed by atoms with Gasteiger partial charge in [-0.15, -0.1) is 0 Å². The highest BCUT2D eigenvalue weighted by atomic mass is 16.6. The first-order chi connectivity index (χ1) is 13.6. The van der Waals surface area contributed by atoms with Gasteiger partial charge in [0.1, 0.15) is 0 Å². The monoisotopic (exact) mass is 400 g/mol. The summed E-state index contributed by atoms with van der Waals surface area (Å²) in [7, 11) is 0. The first kappa shape index (κ1) is 19.3. The molecule has 5 nitrogen and oxygen atoms in total. The SMILES string of the molecule is CC(C)C1=CC23CC[C@@H]4[C@](C)(CCC[C@@]4(C)C(=O)O)[C@H]2C[C@@H]1[C@H]1C(=O)OC(=O)[C@H]13. The number of carbonyl (C=O) groups is 3. The summed E-state index contributed by atoms with van der Waals surface area (Å²) in [6, 6.07) is 0. The first-order valence-electron chi connectivity index (χ1n) is 11.3. The number of esters is 2. The van der Waals surface area contributed by atoms with Crippen LogP contribution in [0.15, 0.2) is 11.6 Å². The molecule has 8 atom stereocenters. The molecular weight excluding hydrogens is 368 g/mol. The summed E-state index contributed by atoms with van der Waals surface area (Å²) in [4.78, 5) is 37.8. The van der Waals surface area contributed by atoms with Crippen molar-refractivity contribution in [3.05, 3.63) is 11.6 Å². The largest absolute Gasteiger partial charge is 0.481 e. The van der Waals surface area contributed by atoms with Crippen molar-refractivity contribution in [1.82, 2.24) is 0 Å². The van der Waals surface area contributed by atoms with Gasteiger partial charge in [0.05, 0.1) is 17.3 Å². The van der Waals surface area contributed by atoms with Gasteiger partial charge in [0.2, 0.25) is 0 Å². The average Bonchev–Trinajstić information content (AvgIpc) is 2.97. The van der Waals surface area contributed by atoms with E-state index in [0.717, 1.165) is 38.5 Å². The summed E-state index contributed by atoms with van der Waals surface area (Å²) in [5.41, 5.74) is 0.122. The molecule has 1 N–H and O–H groups in total. The zero-order valence-electron chi connectivity index (χ0n) is 17.9. The van der Waals surface area contributed by atoms with Crippen LogP contribution < -0.4 is 0 Å². The Morgan fingerprint density at radius 2 is 1.86 bits per heavy atom. The van der Waals surface area contributed by atoms with Gasteiger partial charge in [-0.3, -0.25) is 14.4 Å². The number of ether oxygens (including phenoxy) is 1. The molecule has 0 radical (unpaired) electrons. The van der Waals surface area contributed by atoms with E-state index in [2.05, 4.69) is 26.8 Å². The molecule has 3 saturated carbocycles. The Bertz CT molecular complexity index is 842. The summed E-state index contributed by atoms with van der Waals surface area (Å²) in [5.74, 6) is -1.33. The first-order valence-corrected chi connectivity index (χ1v) is 11.3. The standard InChI is InChI=1S/C24H32O5/c1-12(2)14-11-24-9-6-15-22(3,7-5-8-23(15,4)21(27)28)16(24)10-13(14)17-18(24)20(26)29-19(17)25/h11-13,15-18H,5-10H2,1-4H3,(H,27,28)/t13-,15+,16+,17+,18-,22-,23+,24?/m0/s1. The summed E-state index contributed by atoms with van der Waals surface area (Å²) in [6.45, 7) is 8.56. The predicted molar refractivity (Wildman–Crippen MR) is 105 cm³/mol. The van der Waals surface area contributed by atoms with E-state index < -0.39 is 11.4 Å². The van der Waals surface area contributed by atoms with Crippen LogP contribution in [-0.4, -0.2) is 23.0 Å². The molecule has 1 aliphatic heterocycles. The quantitative estimate of drug-likeness (QED) is 0.427. The van der Waals surface area contributed by atoms with E-state index in [-0.39, 0.29) is 52.4 Å². The molecular formula is C24H32O5. The van der Waals surface area contributed by atoms with Crippen LogP contribution in [0.2, 0.25) is 0 Å². The summed E-state index contributed by atoms with van der Waals surface area (Å²) >= 11 is 0. The van der Waals surface area contributed by atoms with Crippen LogP contribution >= 0.6 is 0 Å². The Kier molecular flexibility index (Phi) is 3.82. The van der Waals surface area contributed by atoms with Gasteiger partial charge in [-0.2, -0.15) is 0 Å². The molecule has 1 unspecified atom stereocenters. The number of carbonyl (C=O) groups excluding carboxylic acids is 2. The number of hydrogen-bond acceptors (Lipinski definition) is 4. The Labute approximate surface area is 172 Å². The maximum absolute atomic E-state index is 12.9. The van der Waals surface area contributed by atoms with Crippen LogP contribution in [0.5, 0.6) is 0 Å². The molecule has 1 heterocycles. The molecule has 2 bridgehead atoms. The number of cyclic esters (lactones) is 2. The zero-order valence-corrected chi connectivity index (χ0v) is 17.9. The molecule has 0 aromatic carbocycles. The predicted octanol–water partition coefficient (Wildman–Crippen LogP) is 4.21. The molecule has 5 aliphatic carbocycles. The Morgan fingerprint density at radius 3 is 2.52 bits per heavy atom. The van der Waals surface area contributed by atoms with Crippen LogP contribution in [-0.2, 0) is 19.1 Å². The van der Waals surface area contributed by atoms with Crippen LogP contribution in [0, 0.1) is 51.8 Å². The van der Waals surface area contributed by atoms with Crippen molar-refractivity contribution in [2.24, 2.45) is 51.8 Å². The number of hydrogen-bond donors (Lipinski definition) is 1. The second-order valence-electron chi connectivity index (χ2n) is 11.2. The number of carboxylic acids is 1. The minimum absolute atomic E-state index is 0.0550.